The van der Waals surface area contributed by atoms with Gasteiger partial charge in [-0.1, -0.05) is 12.1 Å². The average molecular weight is 538 g/mol. The van der Waals surface area contributed by atoms with Crippen LogP contribution in [0.1, 0.15) is 53.1 Å². The Morgan fingerprint density at radius 1 is 1.10 bits per heavy atom. The Bertz CT molecular complexity index is 1380. The van der Waals surface area contributed by atoms with Crippen molar-refractivity contribution in [3.8, 4) is 11.1 Å². The maximum Gasteiger partial charge on any atom is 0.268 e. The molecular weight excluding hydrogens is 504 g/mol. The van der Waals surface area contributed by atoms with Crippen molar-refractivity contribution in [2.45, 2.75) is 64.6 Å². The summed E-state index contributed by atoms with van der Waals surface area (Å²) in [4.78, 5) is 26.8. The van der Waals surface area contributed by atoms with Crippen LogP contribution < -0.4 is 20.7 Å². The van der Waals surface area contributed by atoms with E-state index in [1.165, 1.54) is 6.20 Å². The van der Waals surface area contributed by atoms with E-state index in [-0.39, 0.29) is 25.7 Å². The summed E-state index contributed by atoms with van der Waals surface area (Å²) < 4.78 is 30.6. The fourth-order valence-corrected chi connectivity index (χ4v) is 5.69. The molecule has 0 spiro atoms. The van der Waals surface area contributed by atoms with E-state index in [2.05, 4.69) is 16.0 Å². The number of fused-ring (bicyclic) bond motifs is 1. The van der Waals surface area contributed by atoms with Gasteiger partial charge in [0.1, 0.15) is 11.7 Å². The molecule has 3 N–H and O–H groups in total. The predicted molar refractivity (Wildman–Crippen MR) is 143 cm³/mol. The summed E-state index contributed by atoms with van der Waals surface area (Å²) in [6, 6.07) is 11.5. The highest BCUT2D eigenvalue weighted by atomic mass is 19.3. The van der Waals surface area contributed by atoms with Gasteiger partial charge in [-0.25, -0.2) is 8.78 Å². The minimum atomic E-state index is -2.75. The highest BCUT2D eigenvalue weighted by Crippen LogP contribution is 2.38. The number of halogens is 2. The maximum absolute atomic E-state index is 13.9. The molecule has 206 valence electrons. The molecule has 0 bridgehead atoms. The maximum atomic E-state index is 13.9. The quantitative estimate of drug-likeness (QED) is 0.326. The minimum absolute atomic E-state index is 0.141. The Balaban J connectivity index is 1.35. The fourth-order valence-electron chi connectivity index (χ4n) is 5.69. The van der Waals surface area contributed by atoms with Crippen LogP contribution in [-0.2, 0) is 17.9 Å². The van der Waals surface area contributed by atoms with E-state index >= 15 is 0 Å². The molecule has 1 aliphatic carbocycles. The second kappa shape index (κ2) is 10.8. The van der Waals surface area contributed by atoms with Crippen LogP contribution in [0.3, 0.4) is 0 Å². The van der Waals surface area contributed by atoms with Crippen LogP contribution in [0.25, 0.3) is 11.1 Å². The summed E-state index contributed by atoms with van der Waals surface area (Å²) in [7, 11) is 0. The highest BCUT2D eigenvalue weighted by molar-refractivity contribution is 6.01. The van der Waals surface area contributed by atoms with Crippen LogP contribution in [0.2, 0.25) is 0 Å². The Kier molecular flexibility index (Phi) is 7.40. The molecule has 2 aliphatic rings. The molecule has 0 unspecified atom stereocenters. The van der Waals surface area contributed by atoms with Crippen molar-refractivity contribution in [1.29, 1.82) is 0 Å². The molecule has 2 aromatic heterocycles. The molecule has 3 heterocycles. The first-order valence-electron chi connectivity index (χ1n) is 13.3. The Hall–Kier alpha value is -3.79. The molecule has 0 saturated heterocycles. The van der Waals surface area contributed by atoms with Gasteiger partial charge in [0, 0.05) is 56.8 Å². The van der Waals surface area contributed by atoms with E-state index in [0.29, 0.717) is 30.2 Å². The number of nitrogens with one attached hydrogen (secondary N) is 3. The van der Waals surface area contributed by atoms with Gasteiger partial charge in [0.05, 0.1) is 5.56 Å². The molecular formula is C29H33F2N5O3. The minimum Gasteiger partial charge on any atom is -0.618 e. The van der Waals surface area contributed by atoms with Crippen LogP contribution in [0.15, 0.2) is 48.7 Å². The number of hydrogen-bond acceptors (Lipinski definition) is 4. The number of carbonyl (C=O) groups is 2. The lowest BCUT2D eigenvalue weighted by molar-refractivity contribution is -0.611. The first-order chi connectivity index (χ1) is 18.6. The Labute approximate surface area is 226 Å². The summed E-state index contributed by atoms with van der Waals surface area (Å²) in [5, 5.41) is 21.1. The van der Waals surface area contributed by atoms with E-state index in [1.807, 2.05) is 29.7 Å². The van der Waals surface area contributed by atoms with Gasteiger partial charge < -0.3 is 25.7 Å². The fraction of sp³-hybridized carbons (Fsp3) is 0.414. The number of hydrogen-bond donors (Lipinski definition) is 3. The molecule has 1 fully saturated rings. The van der Waals surface area contributed by atoms with Crippen molar-refractivity contribution in [3.63, 3.8) is 0 Å². The summed E-state index contributed by atoms with van der Waals surface area (Å²) >= 11 is 0. The van der Waals surface area contributed by atoms with Crippen LogP contribution in [0, 0.1) is 25.0 Å². The van der Waals surface area contributed by atoms with E-state index in [1.54, 1.807) is 31.2 Å². The van der Waals surface area contributed by atoms with E-state index < -0.39 is 29.7 Å². The first kappa shape index (κ1) is 26.8. The van der Waals surface area contributed by atoms with Crippen molar-refractivity contribution < 1.29 is 23.1 Å². The average Bonchev–Trinajstić information content (AvgIpc) is 3.35. The third kappa shape index (κ3) is 5.66. The second-order valence-corrected chi connectivity index (χ2v) is 10.5. The number of alkyl halides is 2. The van der Waals surface area contributed by atoms with Crippen LogP contribution in [-0.4, -0.2) is 34.9 Å². The van der Waals surface area contributed by atoms with Gasteiger partial charge in [-0.15, -0.1) is 0 Å². The Morgan fingerprint density at radius 2 is 1.82 bits per heavy atom. The zero-order chi connectivity index (χ0) is 27.7. The summed E-state index contributed by atoms with van der Waals surface area (Å²) in [6.07, 6.45) is 1.13. The van der Waals surface area contributed by atoms with Gasteiger partial charge in [0.2, 0.25) is 11.8 Å². The van der Waals surface area contributed by atoms with Gasteiger partial charge in [-0.3, -0.25) is 9.59 Å². The molecule has 1 atom stereocenters. The number of aryl methyl sites for hydroxylation is 1. The van der Waals surface area contributed by atoms with Gasteiger partial charge in [-0.2, -0.15) is 4.73 Å². The smallest absolute Gasteiger partial charge is 0.268 e. The van der Waals surface area contributed by atoms with Gasteiger partial charge in [0.15, 0.2) is 11.9 Å². The molecule has 5 rings (SSSR count). The second-order valence-electron chi connectivity index (χ2n) is 10.5. The standard InChI is InChI=1S/C29H33F2N5O3/c1-18-11-15-36(39)19(2)25(18)20-3-5-22(6-4-20)33-28(38)26(21-9-12-29(30,31)13-10-21)34-27(37)24-8-7-23-17-32-14-16-35(23)24/h3-8,11,15,21,26,32H,9-10,12-14,16-17H2,1-2H3,(H,33,38)(H,34,37)/t26-/m1/s1. The van der Waals surface area contributed by atoms with E-state index in [0.717, 1.165) is 33.7 Å². The number of pyridine rings is 1. The SMILES string of the molecule is Cc1cc[n+]([O-])c(C)c1-c1ccc(NC(=O)[C@H](NC(=O)c2ccc3n2CCNC3)C2CCC(F)(F)CC2)cc1. The zero-order valence-corrected chi connectivity index (χ0v) is 22.1. The number of carbonyl (C=O) groups excluding carboxylic acids is 2. The number of nitrogens with zero attached hydrogens (tertiary/aromatic N) is 2. The van der Waals surface area contributed by atoms with Crippen molar-refractivity contribution in [3.05, 3.63) is 76.5 Å². The molecule has 1 saturated carbocycles. The van der Waals surface area contributed by atoms with Crippen molar-refractivity contribution >= 4 is 17.5 Å². The third-order valence-corrected chi connectivity index (χ3v) is 7.91. The highest BCUT2D eigenvalue weighted by Gasteiger charge is 2.40. The monoisotopic (exact) mass is 537 g/mol. The molecule has 1 aromatic carbocycles. The lowest BCUT2D eigenvalue weighted by Crippen LogP contribution is -2.50. The van der Waals surface area contributed by atoms with Gasteiger partial charge in [0.25, 0.3) is 5.91 Å². The molecule has 8 nitrogen and oxygen atoms in total. The summed E-state index contributed by atoms with van der Waals surface area (Å²) in [5.41, 5.74) is 5.14. The summed E-state index contributed by atoms with van der Waals surface area (Å²) in [6.45, 7) is 5.71. The number of rotatable bonds is 6. The molecule has 10 heteroatoms. The van der Waals surface area contributed by atoms with E-state index in [9.17, 15) is 23.6 Å². The first-order valence-corrected chi connectivity index (χ1v) is 13.3. The van der Waals surface area contributed by atoms with E-state index in [4.69, 9.17) is 0 Å². The van der Waals surface area contributed by atoms with Gasteiger partial charge in [-0.05, 0) is 61.1 Å². The number of anilines is 1. The lowest BCUT2D eigenvalue weighted by atomic mass is 9.81. The topological polar surface area (TPSA) is 102 Å². The normalized spacial score (nSPS) is 17.7. The molecule has 1 aliphatic heterocycles. The molecule has 2 amide bonds. The zero-order valence-electron chi connectivity index (χ0n) is 22.1. The van der Waals surface area contributed by atoms with Crippen LogP contribution >= 0.6 is 0 Å². The van der Waals surface area contributed by atoms with Crippen LogP contribution in [0.5, 0.6) is 0 Å². The number of aromatic nitrogens is 2. The molecule has 39 heavy (non-hydrogen) atoms. The van der Waals surface area contributed by atoms with Crippen molar-refractivity contribution in [2.75, 3.05) is 11.9 Å². The lowest BCUT2D eigenvalue weighted by Gasteiger charge is -2.33. The number of amides is 2. The van der Waals surface area contributed by atoms with Crippen molar-refractivity contribution in [2.24, 2.45) is 5.92 Å². The third-order valence-electron chi connectivity index (χ3n) is 7.91. The predicted octanol–water partition coefficient (Wildman–Crippen LogP) is 4.07. The largest absolute Gasteiger partial charge is 0.618 e. The summed E-state index contributed by atoms with van der Waals surface area (Å²) in [5.74, 6) is -3.99. The van der Waals surface area contributed by atoms with Crippen molar-refractivity contribution in [1.82, 2.24) is 15.2 Å². The Morgan fingerprint density at radius 3 is 2.54 bits per heavy atom. The van der Waals surface area contributed by atoms with Crippen LogP contribution in [0.4, 0.5) is 14.5 Å². The molecule has 3 aromatic rings. The molecule has 0 radical (unpaired) electrons. The number of benzene rings is 1. The van der Waals surface area contributed by atoms with Gasteiger partial charge >= 0.3 is 0 Å².